The van der Waals surface area contributed by atoms with Gasteiger partial charge in [0.15, 0.2) is 6.61 Å². The molecule has 0 bridgehead atoms. The molecule has 4 aliphatic rings. The molecule has 0 radical (unpaired) electrons. The molecule has 2 N–H and O–H groups in total. The number of aliphatic hydroxyl groups is 1. The van der Waals surface area contributed by atoms with Crippen molar-refractivity contribution in [3.8, 4) is 0 Å². The second kappa shape index (κ2) is 8.64. The van der Waals surface area contributed by atoms with Crippen LogP contribution in [0.4, 0.5) is 0 Å². The van der Waals surface area contributed by atoms with E-state index in [4.69, 9.17) is 4.84 Å². The van der Waals surface area contributed by atoms with Crippen molar-refractivity contribution in [1.29, 1.82) is 0 Å². The molecule has 6 unspecified atom stereocenters. The Labute approximate surface area is 181 Å². The van der Waals surface area contributed by atoms with E-state index in [0.717, 1.165) is 56.1 Å². The topological polar surface area (TPSA) is 70.9 Å². The van der Waals surface area contributed by atoms with Gasteiger partial charge in [0, 0.05) is 6.54 Å². The number of hydrogen-bond acceptors (Lipinski definition) is 4. The Morgan fingerprint density at radius 1 is 1.20 bits per heavy atom. The number of carbonyl (C=O) groups excluding carboxylic acids is 1. The van der Waals surface area contributed by atoms with Gasteiger partial charge in [-0.1, -0.05) is 37.9 Å². The molecule has 3 saturated carbocycles. The van der Waals surface area contributed by atoms with Crippen molar-refractivity contribution in [2.24, 2.45) is 33.7 Å². The van der Waals surface area contributed by atoms with Gasteiger partial charge in [-0.3, -0.25) is 4.79 Å². The first-order valence-electron chi connectivity index (χ1n) is 12.2. The number of carbonyl (C=O) groups is 1. The van der Waals surface area contributed by atoms with Crippen molar-refractivity contribution >= 4 is 11.6 Å². The molecular weight excluding hydrogens is 376 g/mol. The Hall–Kier alpha value is -1.36. The fourth-order valence-electron chi connectivity index (χ4n) is 7.24. The molecule has 30 heavy (non-hydrogen) atoms. The van der Waals surface area contributed by atoms with Crippen LogP contribution in [0, 0.1) is 28.6 Å². The molecule has 4 aliphatic carbocycles. The summed E-state index contributed by atoms with van der Waals surface area (Å²) in [5, 5.41) is 17.8. The van der Waals surface area contributed by atoms with Crippen molar-refractivity contribution in [2.75, 3.05) is 13.2 Å². The average Bonchev–Trinajstić information content (AvgIpc) is 3.03. The Bertz CT molecular complexity index is 717. The summed E-state index contributed by atoms with van der Waals surface area (Å²) in [7, 11) is 0. The minimum absolute atomic E-state index is 0.000936. The Balaban J connectivity index is 1.40. The third-order valence-corrected chi connectivity index (χ3v) is 9.16. The summed E-state index contributed by atoms with van der Waals surface area (Å²) in [5.74, 6) is 2.08. The van der Waals surface area contributed by atoms with Crippen LogP contribution in [0.15, 0.2) is 16.8 Å². The van der Waals surface area contributed by atoms with Crippen molar-refractivity contribution in [3.63, 3.8) is 0 Å². The highest BCUT2D eigenvalue weighted by Gasteiger charge is 2.58. The number of rotatable bonds is 6. The van der Waals surface area contributed by atoms with Crippen molar-refractivity contribution in [2.45, 2.75) is 91.1 Å². The zero-order valence-corrected chi connectivity index (χ0v) is 19.1. The highest BCUT2D eigenvalue weighted by Crippen LogP contribution is 2.65. The van der Waals surface area contributed by atoms with Crippen molar-refractivity contribution in [1.82, 2.24) is 5.32 Å². The number of amides is 1. The van der Waals surface area contributed by atoms with E-state index in [1.807, 2.05) is 0 Å². The SMILES string of the molecule is CCCCNC(=O)CO/N=C1/C=C2CCC3C(CCC4(C)C(O)CCC34)C2(C)CC1. The summed E-state index contributed by atoms with van der Waals surface area (Å²) >= 11 is 0. The minimum Gasteiger partial charge on any atom is -0.393 e. The van der Waals surface area contributed by atoms with Gasteiger partial charge in [-0.25, -0.2) is 0 Å². The number of unbranched alkanes of at least 4 members (excludes halogenated alkanes) is 1. The molecule has 0 aromatic rings. The van der Waals surface area contributed by atoms with Gasteiger partial charge in [0.2, 0.25) is 0 Å². The zero-order valence-electron chi connectivity index (χ0n) is 19.1. The average molecular weight is 417 g/mol. The third kappa shape index (κ3) is 3.83. The van der Waals surface area contributed by atoms with Gasteiger partial charge >= 0.3 is 0 Å². The van der Waals surface area contributed by atoms with E-state index < -0.39 is 0 Å². The van der Waals surface area contributed by atoms with Crippen LogP contribution in [0.25, 0.3) is 0 Å². The Morgan fingerprint density at radius 3 is 2.83 bits per heavy atom. The van der Waals surface area contributed by atoms with Gasteiger partial charge in [0.1, 0.15) is 0 Å². The molecule has 0 aliphatic heterocycles. The van der Waals surface area contributed by atoms with Crippen molar-refractivity contribution < 1.29 is 14.7 Å². The molecule has 5 nitrogen and oxygen atoms in total. The first-order chi connectivity index (χ1) is 14.4. The van der Waals surface area contributed by atoms with Crippen LogP contribution in [0.5, 0.6) is 0 Å². The van der Waals surface area contributed by atoms with Gasteiger partial charge < -0.3 is 15.3 Å². The van der Waals surface area contributed by atoms with E-state index in [1.54, 1.807) is 0 Å². The molecule has 4 rings (SSSR count). The molecule has 168 valence electrons. The maximum atomic E-state index is 11.8. The highest BCUT2D eigenvalue weighted by atomic mass is 16.6. The molecule has 0 aromatic carbocycles. The van der Waals surface area contributed by atoms with E-state index in [-0.39, 0.29) is 29.4 Å². The van der Waals surface area contributed by atoms with Gasteiger partial charge in [-0.15, -0.1) is 0 Å². The smallest absolute Gasteiger partial charge is 0.260 e. The van der Waals surface area contributed by atoms with Gasteiger partial charge in [0.05, 0.1) is 11.8 Å². The number of allylic oxidation sites excluding steroid dienone is 2. The van der Waals surface area contributed by atoms with E-state index >= 15 is 0 Å². The number of aliphatic hydroxyl groups excluding tert-OH is 1. The maximum absolute atomic E-state index is 11.8. The minimum atomic E-state index is -0.102. The second-order valence-electron chi connectivity index (χ2n) is 10.7. The van der Waals surface area contributed by atoms with Gasteiger partial charge in [-0.05, 0) is 92.4 Å². The predicted molar refractivity (Wildman–Crippen MR) is 119 cm³/mol. The summed E-state index contributed by atoms with van der Waals surface area (Å²) in [6.45, 7) is 7.64. The number of oxime groups is 1. The lowest BCUT2D eigenvalue weighted by Crippen LogP contribution is -2.51. The summed E-state index contributed by atoms with van der Waals surface area (Å²) in [4.78, 5) is 17.2. The van der Waals surface area contributed by atoms with Crippen molar-refractivity contribution in [3.05, 3.63) is 11.6 Å². The molecule has 6 atom stereocenters. The molecule has 0 saturated heterocycles. The largest absolute Gasteiger partial charge is 0.393 e. The summed E-state index contributed by atoms with van der Waals surface area (Å²) in [5.41, 5.74) is 2.92. The second-order valence-corrected chi connectivity index (χ2v) is 10.7. The Morgan fingerprint density at radius 2 is 2.03 bits per heavy atom. The van der Waals surface area contributed by atoms with E-state index in [9.17, 15) is 9.90 Å². The zero-order chi connectivity index (χ0) is 21.4. The quantitative estimate of drug-likeness (QED) is 0.491. The summed E-state index contributed by atoms with van der Waals surface area (Å²) in [6.07, 6.45) is 13.2. The number of fused-ring (bicyclic) bond motifs is 5. The molecule has 0 heterocycles. The lowest BCUT2D eigenvalue weighted by atomic mass is 9.47. The summed E-state index contributed by atoms with van der Waals surface area (Å²) in [6, 6.07) is 0. The first-order valence-corrected chi connectivity index (χ1v) is 12.2. The van der Waals surface area contributed by atoms with Crippen LogP contribution in [-0.4, -0.2) is 36.0 Å². The number of nitrogens with zero attached hydrogens (tertiary/aromatic N) is 1. The van der Waals surface area contributed by atoms with E-state index in [2.05, 4.69) is 37.3 Å². The predicted octanol–water partition coefficient (Wildman–Crippen LogP) is 4.60. The van der Waals surface area contributed by atoms with Crippen LogP contribution in [0.1, 0.15) is 85.0 Å². The Kier molecular flexibility index (Phi) is 6.30. The molecule has 5 heteroatoms. The molecule has 0 aromatic heterocycles. The van der Waals surface area contributed by atoms with Crippen LogP contribution in [0.2, 0.25) is 0 Å². The standard InChI is InChI=1S/C25H40N2O3/c1-4-5-14-26-23(29)16-30-27-18-10-12-24(2)17(15-18)6-7-19-20-8-9-22(28)25(20,3)13-11-21(19)24/h15,19-22,28H,4-14,16H2,1-3H3,(H,26,29)/b27-18+. The van der Waals surface area contributed by atoms with Crippen LogP contribution in [0.3, 0.4) is 0 Å². The fourth-order valence-corrected chi connectivity index (χ4v) is 7.24. The van der Waals surface area contributed by atoms with Crippen LogP contribution < -0.4 is 5.32 Å². The lowest BCUT2D eigenvalue weighted by molar-refractivity contribution is -0.125. The van der Waals surface area contributed by atoms with Gasteiger partial charge in [0.25, 0.3) is 5.91 Å². The monoisotopic (exact) mass is 416 g/mol. The molecular formula is C25H40N2O3. The normalized spacial score (nSPS) is 41.5. The maximum Gasteiger partial charge on any atom is 0.260 e. The van der Waals surface area contributed by atoms with Gasteiger partial charge in [-0.2, -0.15) is 0 Å². The first kappa shape index (κ1) is 21.9. The van der Waals surface area contributed by atoms with Crippen LogP contribution in [-0.2, 0) is 9.63 Å². The highest BCUT2D eigenvalue weighted by molar-refractivity contribution is 5.96. The van der Waals surface area contributed by atoms with E-state index in [0.29, 0.717) is 12.5 Å². The fraction of sp³-hybridized carbons (Fsp3) is 0.840. The lowest BCUT2D eigenvalue weighted by Gasteiger charge is -2.57. The molecule has 1 amide bonds. The van der Waals surface area contributed by atoms with Crippen LogP contribution >= 0.6 is 0 Å². The molecule has 3 fully saturated rings. The molecule has 0 spiro atoms. The number of hydrogen-bond donors (Lipinski definition) is 2. The summed E-state index contributed by atoms with van der Waals surface area (Å²) < 4.78 is 0. The van der Waals surface area contributed by atoms with E-state index in [1.165, 1.54) is 31.3 Å². The third-order valence-electron chi connectivity index (χ3n) is 9.16. The number of nitrogens with one attached hydrogen (secondary N) is 1.